The summed E-state index contributed by atoms with van der Waals surface area (Å²) in [4.78, 5) is 5.81. The van der Waals surface area contributed by atoms with E-state index < -0.39 is 0 Å². The number of benzene rings is 1. The molecular weight excluding hydrogens is 421 g/mol. The molecule has 0 aliphatic carbocycles. The standard InChI is InChI=1S/C17H23N3OS.HI/c1-3-18-17(20-13-15-8-7-11-21-15)19-12-14(2)22-16-9-5-4-6-10-16;/h4-11,14H,3,12-13H2,1-2H3,(H2,18,19,20);1H. The third-order valence-electron chi connectivity index (χ3n) is 2.95. The Morgan fingerprint density at radius 3 is 2.61 bits per heavy atom. The second-order valence-electron chi connectivity index (χ2n) is 4.90. The highest BCUT2D eigenvalue weighted by Crippen LogP contribution is 2.21. The maximum atomic E-state index is 5.30. The zero-order chi connectivity index (χ0) is 15.6. The zero-order valence-electron chi connectivity index (χ0n) is 13.5. The van der Waals surface area contributed by atoms with E-state index in [9.17, 15) is 0 Å². The van der Waals surface area contributed by atoms with Crippen molar-refractivity contribution in [1.82, 2.24) is 10.6 Å². The normalized spacial score (nSPS) is 12.3. The van der Waals surface area contributed by atoms with E-state index in [-0.39, 0.29) is 24.0 Å². The number of thioether (sulfide) groups is 1. The van der Waals surface area contributed by atoms with E-state index in [1.165, 1.54) is 4.90 Å². The van der Waals surface area contributed by atoms with Crippen LogP contribution >= 0.6 is 35.7 Å². The molecule has 126 valence electrons. The Hall–Kier alpha value is -1.15. The molecule has 0 saturated heterocycles. The van der Waals surface area contributed by atoms with Crippen LogP contribution in [0.1, 0.15) is 19.6 Å². The van der Waals surface area contributed by atoms with Crippen LogP contribution in [0.2, 0.25) is 0 Å². The molecule has 1 unspecified atom stereocenters. The first kappa shape index (κ1) is 19.9. The van der Waals surface area contributed by atoms with E-state index >= 15 is 0 Å². The third-order valence-corrected chi connectivity index (χ3v) is 4.07. The van der Waals surface area contributed by atoms with E-state index in [0.717, 1.165) is 24.8 Å². The van der Waals surface area contributed by atoms with Crippen molar-refractivity contribution in [2.75, 3.05) is 13.1 Å². The minimum absolute atomic E-state index is 0. The van der Waals surface area contributed by atoms with E-state index in [1.54, 1.807) is 6.26 Å². The van der Waals surface area contributed by atoms with Gasteiger partial charge in [-0.3, -0.25) is 0 Å². The number of aliphatic imine (C=N–C) groups is 1. The third kappa shape index (κ3) is 7.78. The molecule has 0 aliphatic heterocycles. The van der Waals surface area contributed by atoms with Gasteiger partial charge in [-0.1, -0.05) is 25.1 Å². The van der Waals surface area contributed by atoms with Crippen LogP contribution in [0.4, 0.5) is 0 Å². The molecule has 0 radical (unpaired) electrons. The molecule has 0 bridgehead atoms. The van der Waals surface area contributed by atoms with Crippen molar-refractivity contribution in [3.63, 3.8) is 0 Å². The van der Waals surface area contributed by atoms with Gasteiger partial charge in [-0.25, -0.2) is 4.99 Å². The first-order valence-corrected chi connectivity index (χ1v) is 8.42. The largest absolute Gasteiger partial charge is 0.467 e. The van der Waals surface area contributed by atoms with Crippen molar-refractivity contribution in [3.8, 4) is 0 Å². The average Bonchev–Trinajstić information content (AvgIpc) is 3.04. The van der Waals surface area contributed by atoms with E-state index in [2.05, 4.69) is 53.7 Å². The predicted octanol–water partition coefficient (Wildman–Crippen LogP) is 4.13. The fourth-order valence-electron chi connectivity index (χ4n) is 1.91. The monoisotopic (exact) mass is 445 g/mol. The van der Waals surface area contributed by atoms with E-state index in [1.807, 2.05) is 30.0 Å². The number of guanidine groups is 1. The van der Waals surface area contributed by atoms with Crippen LogP contribution < -0.4 is 10.6 Å². The summed E-state index contributed by atoms with van der Waals surface area (Å²) in [5.74, 6) is 1.68. The van der Waals surface area contributed by atoms with Crippen LogP contribution in [0.15, 0.2) is 63.0 Å². The molecule has 1 heterocycles. The Labute approximate surface area is 159 Å². The van der Waals surface area contributed by atoms with Gasteiger partial charge >= 0.3 is 0 Å². The SMILES string of the molecule is CCNC(=NCc1ccco1)NCC(C)Sc1ccccc1.I. The Morgan fingerprint density at radius 1 is 1.17 bits per heavy atom. The molecule has 0 fully saturated rings. The molecule has 2 aromatic rings. The molecule has 2 N–H and O–H groups in total. The summed E-state index contributed by atoms with van der Waals surface area (Å²) in [6.07, 6.45) is 1.67. The number of nitrogens with zero attached hydrogens (tertiary/aromatic N) is 1. The lowest BCUT2D eigenvalue weighted by Gasteiger charge is -2.15. The van der Waals surface area contributed by atoms with E-state index in [4.69, 9.17) is 4.42 Å². The average molecular weight is 445 g/mol. The van der Waals surface area contributed by atoms with Crippen molar-refractivity contribution in [1.29, 1.82) is 0 Å². The lowest BCUT2D eigenvalue weighted by atomic mass is 10.4. The fraction of sp³-hybridized carbons (Fsp3) is 0.353. The highest BCUT2D eigenvalue weighted by atomic mass is 127. The summed E-state index contributed by atoms with van der Waals surface area (Å²) < 4.78 is 5.30. The predicted molar refractivity (Wildman–Crippen MR) is 109 cm³/mol. The van der Waals surface area contributed by atoms with Gasteiger partial charge in [0.25, 0.3) is 0 Å². The number of halogens is 1. The van der Waals surface area contributed by atoms with Crippen LogP contribution in [0.25, 0.3) is 0 Å². The molecule has 0 saturated carbocycles. The van der Waals surface area contributed by atoms with Crippen LogP contribution in [0, 0.1) is 0 Å². The van der Waals surface area contributed by atoms with Gasteiger partial charge < -0.3 is 15.1 Å². The van der Waals surface area contributed by atoms with Gasteiger partial charge in [-0.2, -0.15) is 0 Å². The van der Waals surface area contributed by atoms with Gasteiger partial charge in [0.15, 0.2) is 5.96 Å². The molecule has 0 aliphatic rings. The van der Waals surface area contributed by atoms with Crippen molar-refractivity contribution >= 4 is 41.7 Å². The van der Waals surface area contributed by atoms with Crippen LogP contribution in [0.3, 0.4) is 0 Å². The van der Waals surface area contributed by atoms with Gasteiger partial charge in [-0.15, -0.1) is 35.7 Å². The molecule has 1 aromatic carbocycles. The second kappa shape index (κ2) is 11.4. The molecule has 2 rings (SSSR count). The summed E-state index contributed by atoms with van der Waals surface area (Å²) in [5, 5.41) is 7.09. The summed E-state index contributed by atoms with van der Waals surface area (Å²) in [5.41, 5.74) is 0. The maximum absolute atomic E-state index is 5.30. The number of rotatable bonds is 7. The van der Waals surface area contributed by atoms with Gasteiger partial charge in [-0.05, 0) is 31.2 Å². The highest BCUT2D eigenvalue weighted by Gasteiger charge is 2.06. The van der Waals surface area contributed by atoms with Gasteiger partial charge in [0.1, 0.15) is 12.3 Å². The molecule has 1 atom stereocenters. The smallest absolute Gasteiger partial charge is 0.191 e. The molecule has 6 heteroatoms. The van der Waals surface area contributed by atoms with Crippen molar-refractivity contribution in [2.45, 2.75) is 30.5 Å². The topological polar surface area (TPSA) is 49.6 Å². The summed E-state index contributed by atoms with van der Waals surface area (Å²) in [6.45, 7) is 6.50. The first-order valence-electron chi connectivity index (χ1n) is 7.54. The Balaban J connectivity index is 0.00000264. The summed E-state index contributed by atoms with van der Waals surface area (Å²) in [6, 6.07) is 14.3. The highest BCUT2D eigenvalue weighted by molar-refractivity contribution is 14.0. The number of furan rings is 1. The van der Waals surface area contributed by atoms with Crippen molar-refractivity contribution < 1.29 is 4.42 Å². The molecule has 1 aromatic heterocycles. The molecule has 4 nitrogen and oxygen atoms in total. The molecular formula is C17H24IN3OS. The zero-order valence-corrected chi connectivity index (χ0v) is 16.6. The van der Waals surface area contributed by atoms with Crippen LogP contribution in [0.5, 0.6) is 0 Å². The minimum atomic E-state index is 0. The summed E-state index contributed by atoms with van der Waals surface area (Å²) >= 11 is 1.86. The maximum Gasteiger partial charge on any atom is 0.191 e. The Bertz CT molecular complexity index is 560. The van der Waals surface area contributed by atoms with Gasteiger partial charge in [0, 0.05) is 23.2 Å². The number of nitrogens with one attached hydrogen (secondary N) is 2. The quantitative estimate of drug-likeness (QED) is 0.291. The van der Waals surface area contributed by atoms with Gasteiger partial charge in [0.2, 0.25) is 0 Å². The summed E-state index contributed by atoms with van der Waals surface area (Å²) in [7, 11) is 0. The number of hydrogen-bond donors (Lipinski definition) is 2. The van der Waals surface area contributed by atoms with Crippen LogP contribution in [-0.2, 0) is 6.54 Å². The molecule has 23 heavy (non-hydrogen) atoms. The van der Waals surface area contributed by atoms with E-state index in [0.29, 0.717) is 11.8 Å². The number of hydrogen-bond acceptors (Lipinski definition) is 3. The first-order chi connectivity index (χ1) is 10.8. The van der Waals surface area contributed by atoms with Gasteiger partial charge in [0.05, 0.1) is 6.26 Å². The molecule has 0 spiro atoms. The molecule has 0 amide bonds. The van der Waals surface area contributed by atoms with Crippen molar-refractivity contribution in [2.24, 2.45) is 4.99 Å². The van der Waals surface area contributed by atoms with Crippen molar-refractivity contribution in [3.05, 3.63) is 54.5 Å². The Kier molecular flexibility index (Phi) is 9.86. The lowest BCUT2D eigenvalue weighted by Crippen LogP contribution is -2.40. The van der Waals surface area contributed by atoms with Crippen LogP contribution in [-0.4, -0.2) is 24.3 Å². The lowest BCUT2D eigenvalue weighted by molar-refractivity contribution is 0.512. The Morgan fingerprint density at radius 2 is 1.96 bits per heavy atom. The second-order valence-corrected chi connectivity index (χ2v) is 6.41. The minimum Gasteiger partial charge on any atom is -0.467 e. The fourth-order valence-corrected chi connectivity index (χ4v) is 2.86.